The van der Waals surface area contributed by atoms with E-state index in [2.05, 4.69) is 197 Å². The topological polar surface area (TPSA) is 32.2 Å². The zero-order chi connectivity index (χ0) is 33.2. The van der Waals surface area contributed by atoms with Crippen molar-refractivity contribution in [1.29, 1.82) is 0 Å². The molecule has 3 atom stereocenters. The van der Waals surface area contributed by atoms with Crippen molar-refractivity contribution >= 4 is 54.1 Å². The molecule has 1 aromatic heterocycles. The number of para-hydroxylation sites is 1. The van der Waals surface area contributed by atoms with Gasteiger partial charge in [0.15, 0.2) is 0 Å². The lowest BCUT2D eigenvalue weighted by molar-refractivity contribution is 0.0416. The van der Waals surface area contributed by atoms with Crippen LogP contribution >= 0.6 is 0 Å². The maximum Gasteiger partial charge on any atom is 0.0888 e. The van der Waals surface area contributed by atoms with E-state index >= 15 is 0 Å². The summed E-state index contributed by atoms with van der Waals surface area (Å²) in [5, 5.41) is 18.1. The van der Waals surface area contributed by atoms with Gasteiger partial charge >= 0.3 is 0 Å². The number of nitrogens with zero attached hydrogens (tertiary/aromatic N) is 2. The highest BCUT2D eigenvalue weighted by atomic mass is 15.4. The lowest BCUT2D eigenvalue weighted by Crippen LogP contribution is -2.54. The van der Waals surface area contributed by atoms with Crippen LogP contribution in [0, 0.1) is 0 Å². The summed E-state index contributed by atoms with van der Waals surface area (Å²) < 4.78 is 2.50. The largest absolute Gasteiger partial charge is 0.309 e. The van der Waals surface area contributed by atoms with Crippen LogP contribution in [0.1, 0.15) is 35.2 Å². The van der Waals surface area contributed by atoms with Crippen molar-refractivity contribution < 1.29 is 0 Å². The van der Waals surface area contributed by atoms with Crippen LogP contribution in [0.5, 0.6) is 0 Å². The van der Waals surface area contributed by atoms with E-state index in [-0.39, 0.29) is 18.5 Å². The molecule has 0 spiro atoms. The summed E-state index contributed by atoms with van der Waals surface area (Å²) in [6.07, 6.45) is -0.0440. The van der Waals surface area contributed by atoms with Crippen LogP contribution in [0.2, 0.25) is 0 Å². The summed E-state index contributed by atoms with van der Waals surface area (Å²) in [6, 6.07) is 61.8. The molecule has 1 aliphatic heterocycles. The molecule has 0 radical (unpaired) electrons. The number of rotatable bonds is 4. The van der Waals surface area contributed by atoms with Gasteiger partial charge in [-0.1, -0.05) is 152 Å². The lowest BCUT2D eigenvalue weighted by atomic mass is 9.93. The Bertz CT molecular complexity index is 2700. The van der Waals surface area contributed by atoms with E-state index < -0.39 is 0 Å². The highest BCUT2D eigenvalue weighted by Gasteiger charge is 2.35. The van der Waals surface area contributed by atoms with E-state index in [0.29, 0.717) is 0 Å². The smallest absolute Gasteiger partial charge is 0.0888 e. The van der Waals surface area contributed by atoms with Gasteiger partial charge < -0.3 is 4.57 Å². The van der Waals surface area contributed by atoms with Crippen LogP contribution in [0.4, 0.5) is 0 Å². The Morgan fingerprint density at radius 1 is 0.440 bits per heavy atom. The van der Waals surface area contributed by atoms with Gasteiger partial charge in [0, 0.05) is 27.2 Å². The zero-order valence-electron chi connectivity index (χ0n) is 27.8. The second kappa shape index (κ2) is 11.7. The van der Waals surface area contributed by atoms with E-state index in [4.69, 9.17) is 0 Å². The first kappa shape index (κ1) is 29.2. The maximum atomic E-state index is 3.96. The van der Waals surface area contributed by atoms with E-state index in [0.717, 1.165) is 5.69 Å². The molecule has 0 saturated carbocycles. The van der Waals surface area contributed by atoms with E-state index in [9.17, 15) is 0 Å². The molecule has 10 rings (SSSR count). The van der Waals surface area contributed by atoms with Crippen LogP contribution in [0.15, 0.2) is 170 Å². The molecule has 1 fully saturated rings. The van der Waals surface area contributed by atoms with Crippen molar-refractivity contribution in [3.05, 3.63) is 187 Å². The van der Waals surface area contributed by atoms with Crippen LogP contribution < -0.4 is 10.6 Å². The van der Waals surface area contributed by atoms with Gasteiger partial charge in [-0.25, -0.2) is 0 Å². The fourth-order valence-corrected chi connectivity index (χ4v) is 8.42. The number of aromatic nitrogens is 1. The quantitative estimate of drug-likeness (QED) is 0.187. The van der Waals surface area contributed by atoms with E-state index in [1.807, 2.05) is 0 Å². The molecule has 4 nitrogen and oxygen atoms in total. The number of benzene rings is 8. The minimum Gasteiger partial charge on any atom is -0.309 e. The Balaban J connectivity index is 1.22. The third-order valence-electron chi connectivity index (χ3n) is 10.7. The van der Waals surface area contributed by atoms with Gasteiger partial charge in [-0.3, -0.25) is 15.5 Å². The molecule has 3 unspecified atom stereocenters. The second-order valence-corrected chi connectivity index (χ2v) is 13.5. The highest BCUT2D eigenvalue weighted by molar-refractivity contribution is 6.36. The molecule has 1 saturated heterocycles. The molecule has 240 valence electrons. The van der Waals surface area contributed by atoms with Crippen molar-refractivity contribution in [2.24, 2.45) is 0 Å². The average molecular weight is 645 g/mol. The van der Waals surface area contributed by atoms with Crippen molar-refractivity contribution in [3.8, 4) is 5.69 Å². The molecule has 0 bridgehead atoms. The van der Waals surface area contributed by atoms with Crippen molar-refractivity contribution in [2.45, 2.75) is 18.5 Å². The summed E-state index contributed by atoms with van der Waals surface area (Å²) in [5.74, 6) is 0. The minimum absolute atomic E-state index is 0.0214. The third-order valence-corrected chi connectivity index (χ3v) is 10.7. The predicted octanol–water partition coefficient (Wildman–Crippen LogP) is 10.8. The van der Waals surface area contributed by atoms with Gasteiger partial charge in [-0.15, -0.1) is 0 Å². The summed E-state index contributed by atoms with van der Waals surface area (Å²) in [4.78, 5) is 2.41. The Kier molecular flexibility index (Phi) is 6.81. The zero-order valence-corrected chi connectivity index (χ0v) is 27.8. The first-order valence-electron chi connectivity index (χ1n) is 17.4. The normalized spacial score (nSPS) is 18.5. The van der Waals surface area contributed by atoms with E-state index in [1.54, 1.807) is 0 Å². The highest BCUT2D eigenvalue weighted by Crippen LogP contribution is 2.45. The molecule has 8 aromatic carbocycles. The standard InChI is InChI=1S/C46H36N4/c1-49-45(32-18-6-3-7-19-32)47-44(31-16-4-2-5-17-31)48-46(49)33-20-14-21-34(29-33)50-40-26-13-12-25-39(40)42-41-35-22-9-8-15-30(35)27-28-37(41)36-23-10-11-24-38(36)43(42)50/h2-29,44-48H,1H3. The lowest BCUT2D eigenvalue weighted by Gasteiger charge is -2.45. The van der Waals surface area contributed by atoms with Gasteiger partial charge in [0.2, 0.25) is 0 Å². The molecule has 50 heavy (non-hydrogen) atoms. The number of fused-ring (bicyclic) bond motifs is 10. The number of hydrogen-bond acceptors (Lipinski definition) is 3. The molecule has 2 N–H and O–H groups in total. The summed E-state index contributed by atoms with van der Waals surface area (Å²) in [7, 11) is 2.21. The summed E-state index contributed by atoms with van der Waals surface area (Å²) in [6.45, 7) is 0. The van der Waals surface area contributed by atoms with Gasteiger partial charge in [0.25, 0.3) is 0 Å². The van der Waals surface area contributed by atoms with Gasteiger partial charge in [0.05, 0.1) is 29.5 Å². The summed E-state index contributed by atoms with van der Waals surface area (Å²) in [5.41, 5.74) is 7.29. The third kappa shape index (κ3) is 4.50. The SMILES string of the molecule is CN1C(c2ccccc2)NC(c2ccccc2)NC1c1cccc(-n2c3ccccc3c3c4c5ccccc5ccc4c4ccccc4c32)c1. The summed E-state index contributed by atoms with van der Waals surface area (Å²) >= 11 is 0. The van der Waals surface area contributed by atoms with Crippen LogP contribution in [0.25, 0.3) is 59.8 Å². The van der Waals surface area contributed by atoms with Gasteiger partial charge in [-0.05, 0) is 63.5 Å². The molecular formula is C46H36N4. The van der Waals surface area contributed by atoms with Crippen molar-refractivity contribution in [1.82, 2.24) is 20.1 Å². The molecule has 4 heteroatoms. The van der Waals surface area contributed by atoms with Gasteiger partial charge in [-0.2, -0.15) is 0 Å². The van der Waals surface area contributed by atoms with Crippen LogP contribution in [-0.4, -0.2) is 16.5 Å². The molecular weight excluding hydrogens is 609 g/mol. The first-order chi connectivity index (χ1) is 24.7. The predicted molar refractivity (Wildman–Crippen MR) is 208 cm³/mol. The number of nitrogens with one attached hydrogen (secondary N) is 2. The maximum absolute atomic E-state index is 3.96. The van der Waals surface area contributed by atoms with Crippen LogP contribution in [-0.2, 0) is 0 Å². The van der Waals surface area contributed by atoms with Crippen molar-refractivity contribution in [2.75, 3.05) is 7.05 Å². The molecule has 9 aromatic rings. The van der Waals surface area contributed by atoms with Crippen LogP contribution in [0.3, 0.4) is 0 Å². The Morgan fingerprint density at radius 3 is 1.82 bits per heavy atom. The monoisotopic (exact) mass is 644 g/mol. The fraction of sp³-hybridized carbons (Fsp3) is 0.0870. The average Bonchev–Trinajstić information content (AvgIpc) is 3.54. The van der Waals surface area contributed by atoms with Gasteiger partial charge in [0.1, 0.15) is 0 Å². The Morgan fingerprint density at radius 2 is 1.04 bits per heavy atom. The Hall–Kier alpha value is -5.78. The molecule has 2 heterocycles. The van der Waals surface area contributed by atoms with Crippen molar-refractivity contribution in [3.63, 3.8) is 0 Å². The second-order valence-electron chi connectivity index (χ2n) is 13.5. The van der Waals surface area contributed by atoms with E-state index in [1.165, 1.54) is 70.8 Å². The number of hydrogen-bond donors (Lipinski definition) is 2. The Labute approximate surface area is 291 Å². The first-order valence-corrected chi connectivity index (χ1v) is 17.4. The molecule has 1 aliphatic rings. The minimum atomic E-state index is -0.0405. The molecule has 0 aliphatic carbocycles. The fourth-order valence-electron chi connectivity index (χ4n) is 8.42. The molecule has 0 amide bonds.